The minimum absolute atomic E-state index is 0.0842. The topological polar surface area (TPSA) is 57.6 Å². The van der Waals surface area contributed by atoms with Crippen LogP contribution >= 0.6 is 0 Å². The van der Waals surface area contributed by atoms with Crippen molar-refractivity contribution >= 4 is 17.6 Å². The van der Waals surface area contributed by atoms with E-state index in [0.29, 0.717) is 29.2 Å². The van der Waals surface area contributed by atoms with Crippen LogP contribution in [-0.4, -0.2) is 23.0 Å². The number of aliphatic carboxylic acids is 1. The number of fused-ring (bicyclic) bond motifs is 1. The molecule has 3 rings (SSSR count). The fourth-order valence-electron chi connectivity index (χ4n) is 3.51. The summed E-state index contributed by atoms with van der Waals surface area (Å²) in [5.74, 6) is -1.08. The monoisotopic (exact) mass is 337 g/mol. The van der Waals surface area contributed by atoms with Crippen molar-refractivity contribution < 1.29 is 14.7 Å². The molecule has 1 aliphatic heterocycles. The maximum Gasteiger partial charge on any atom is 0.311 e. The van der Waals surface area contributed by atoms with Gasteiger partial charge in [0.2, 0.25) is 0 Å². The first-order valence-corrected chi connectivity index (χ1v) is 8.65. The Morgan fingerprint density at radius 1 is 1.08 bits per heavy atom. The molecule has 25 heavy (non-hydrogen) atoms. The molecule has 4 nitrogen and oxygen atoms in total. The number of rotatable bonds is 3. The molecule has 0 bridgehead atoms. The first-order valence-electron chi connectivity index (χ1n) is 8.65. The Hall–Kier alpha value is -2.62. The van der Waals surface area contributed by atoms with Crippen LogP contribution in [0.5, 0.6) is 0 Å². The lowest BCUT2D eigenvalue weighted by Gasteiger charge is -2.38. The number of carboxylic acid groups (broad SMARTS) is 1. The highest BCUT2D eigenvalue weighted by Gasteiger charge is 2.37. The zero-order valence-corrected chi connectivity index (χ0v) is 14.8. The molecule has 1 N–H and O–H groups in total. The number of amides is 1. The van der Waals surface area contributed by atoms with Crippen molar-refractivity contribution in [1.29, 1.82) is 0 Å². The molecule has 0 radical (unpaired) electrons. The molecule has 0 fully saturated rings. The van der Waals surface area contributed by atoms with Gasteiger partial charge >= 0.3 is 5.97 Å². The van der Waals surface area contributed by atoms with Crippen molar-refractivity contribution in [3.63, 3.8) is 0 Å². The molecule has 0 saturated carbocycles. The average molecular weight is 337 g/mol. The molecule has 0 aromatic heterocycles. The van der Waals surface area contributed by atoms with Gasteiger partial charge in [0.25, 0.3) is 5.91 Å². The molecule has 0 spiro atoms. The van der Waals surface area contributed by atoms with Crippen molar-refractivity contribution in [3.05, 3.63) is 65.2 Å². The van der Waals surface area contributed by atoms with Gasteiger partial charge in [0, 0.05) is 17.3 Å². The highest BCUT2D eigenvalue weighted by atomic mass is 16.4. The van der Waals surface area contributed by atoms with Crippen LogP contribution in [-0.2, 0) is 4.79 Å². The number of carbonyl (C=O) groups is 2. The predicted octanol–water partition coefficient (Wildman–Crippen LogP) is 4.42. The largest absolute Gasteiger partial charge is 0.481 e. The van der Waals surface area contributed by atoms with Crippen LogP contribution in [0.3, 0.4) is 0 Å². The summed E-state index contributed by atoms with van der Waals surface area (Å²) in [6, 6.07) is 14.8. The van der Waals surface area contributed by atoms with Crippen molar-refractivity contribution in [3.8, 4) is 0 Å². The third kappa shape index (κ3) is 3.16. The first-order chi connectivity index (χ1) is 11.9. The van der Waals surface area contributed by atoms with E-state index in [1.165, 1.54) is 5.56 Å². The van der Waals surface area contributed by atoms with Gasteiger partial charge in [-0.1, -0.05) is 44.2 Å². The Morgan fingerprint density at radius 3 is 2.32 bits per heavy atom. The number of carboxylic acids is 1. The number of anilines is 1. The van der Waals surface area contributed by atoms with E-state index in [0.717, 1.165) is 0 Å². The first kappa shape index (κ1) is 17.2. The fraction of sp³-hybridized carbons (Fsp3) is 0.333. The van der Waals surface area contributed by atoms with Crippen LogP contribution in [0.1, 0.15) is 60.5 Å². The summed E-state index contributed by atoms with van der Waals surface area (Å²) in [4.78, 5) is 26.5. The molecule has 2 unspecified atom stereocenters. The van der Waals surface area contributed by atoms with Gasteiger partial charge in [-0.3, -0.25) is 9.59 Å². The summed E-state index contributed by atoms with van der Waals surface area (Å²) in [6.45, 7) is 6.14. The normalized spacial score (nSPS) is 19.6. The van der Waals surface area contributed by atoms with E-state index < -0.39 is 11.9 Å². The highest BCUT2D eigenvalue weighted by Crippen LogP contribution is 2.39. The third-order valence-electron chi connectivity index (χ3n) is 4.93. The van der Waals surface area contributed by atoms with Crippen molar-refractivity contribution in [2.75, 3.05) is 4.90 Å². The second-order valence-electron chi connectivity index (χ2n) is 6.99. The Bertz CT molecular complexity index is 795. The van der Waals surface area contributed by atoms with Gasteiger partial charge in [0.15, 0.2) is 0 Å². The van der Waals surface area contributed by atoms with Crippen molar-refractivity contribution in [1.82, 2.24) is 0 Å². The number of hydrogen-bond donors (Lipinski definition) is 1. The molecule has 1 aliphatic rings. The molecule has 1 amide bonds. The van der Waals surface area contributed by atoms with Gasteiger partial charge in [-0.2, -0.15) is 0 Å². The van der Waals surface area contributed by atoms with Crippen LogP contribution in [0.25, 0.3) is 0 Å². The maximum absolute atomic E-state index is 13.1. The van der Waals surface area contributed by atoms with E-state index in [1.807, 2.05) is 55.5 Å². The van der Waals surface area contributed by atoms with Crippen LogP contribution in [0.4, 0.5) is 5.69 Å². The lowest BCUT2D eigenvalue weighted by Crippen LogP contribution is -2.44. The molecule has 2 atom stereocenters. The summed E-state index contributed by atoms with van der Waals surface area (Å²) in [5.41, 5.74) is 3.22. The fourth-order valence-corrected chi connectivity index (χ4v) is 3.51. The van der Waals surface area contributed by atoms with Crippen molar-refractivity contribution in [2.24, 2.45) is 0 Å². The minimum atomic E-state index is -0.840. The Kier molecular flexibility index (Phi) is 4.62. The maximum atomic E-state index is 13.1. The lowest BCUT2D eigenvalue weighted by atomic mass is 9.85. The number of benzene rings is 2. The summed E-state index contributed by atoms with van der Waals surface area (Å²) in [6.07, 6.45) is 0.419. The van der Waals surface area contributed by atoms with Crippen molar-refractivity contribution in [2.45, 2.75) is 45.1 Å². The Labute approximate surface area is 148 Å². The van der Waals surface area contributed by atoms with Gasteiger partial charge in [-0.15, -0.1) is 0 Å². The minimum Gasteiger partial charge on any atom is -0.481 e. The van der Waals surface area contributed by atoms with E-state index in [-0.39, 0.29) is 11.9 Å². The summed E-state index contributed by atoms with van der Waals surface area (Å²) >= 11 is 0. The third-order valence-corrected chi connectivity index (χ3v) is 4.93. The van der Waals surface area contributed by atoms with Gasteiger partial charge in [0.05, 0.1) is 5.92 Å². The molecule has 2 aromatic carbocycles. The van der Waals surface area contributed by atoms with E-state index in [1.54, 1.807) is 4.90 Å². The molecule has 1 heterocycles. The standard InChI is InChI=1S/C21H23NO3/c1-13(2)15-8-10-16(11-9-15)20(23)22-14(3)12-18(21(24)25)17-6-4-5-7-19(17)22/h4-11,13-14,18H,12H2,1-3H3,(H,24,25). The highest BCUT2D eigenvalue weighted by molar-refractivity contribution is 6.07. The second kappa shape index (κ2) is 6.71. The van der Waals surface area contributed by atoms with Crippen LogP contribution in [0.15, 0.2) is 48.5 Å². The molecule has 130 valence electrons. The Balaban J connectivity index is 1.99. The van der Waals surface area contributed by atoms with Gasteiger partial charge in [0.1, 0.15) is 0 Å². The number of nitrogens with zero attached hydrogens (tertiary/aromatic N) is 1. The summed E-state index contributed by atoms with van der Waals surface area (Å²) in [5, 5.41) is 9.52. The molecule has 0 saturated heterocycles. The van der Waals surface area contributed by atoms with E-state index in [4.69, 9.17) is 0 Å². The number of para-hydroxylation sites is 1. The number of carbonyl (C=O) groups excluding carboxylic acids is 1. The zero-order chi connectivity index (χ0) is 18.1. The molecule has 0 aliphatic carbocycles. The van der Waals surface area contributed by atoms with Gasteiger partial charge < -0.3 is 10.0 Å². The van der Waals surface area contributed by atoms with Crippen LogP contribution in [0, 0.1) is 0 Å². The molecule has 4 heteroatoms. The van der Waals surface area contributed by atoms with Crippen LogP contribution < -0.4 is 4.90 Å². The smallest absolute Gasteiger partial charge is 0.311 e. The molecular formula is C21H23NO3. The van der Waals surface area contributed by atoms with E-state index in [9.17, 15) is 14.7 Å². The quantitative estimate of drug-likeness (QED) is 0.902. The van der Waals surface area contributed by atoms with Crippen LogP contribution in [0.2, 0.25) is 0 Å². The summed E-state index contributed by atoms with van der Waals surface area (Å²) < 4.78 is 0. The van der Waals surface area contributed by atoms with Gasteiger partial charge in [-0.25, -0.2) is 0 Å². The SMILES string of the molecule is CC(C)c1ccc(C(=O)N2c3ccccc3C(C(=O)O)CC2C)cc1. The average Bonchev–Trinajstić information content (AvgIpc) is 2.60. The van der Waals surface area contributed by atoms with E-state index >= 15 is 0 Å². The molecule has 2 aromatic rings. The lowest BCUT2D eigenvalue weighted by molar-refractivity contribution is -0.139. The summed E-state index contributed by atoms with van der Waals surface area (Å²) in [7, 11) is 0. The number of hydrogen-bond acceptors (Lipinski definition) is 2. The van der Waals surface area contributed by atoms with Gasteiger partial charge in [-0.05, 0) is 48.6 Å². The second-order valence-corrected chi connectivity index (χ2v) is 6.99. The molecular weight excluding hydrogens is 314 g/mol. The zero-order valence-electron chi connectivity index (χ0n) is 14.8. The predicted molar refractivity (Wildman–Crippen MR) is 98.2 cm³/mol. The van der Waals surface area contributed by atoms with E-state index in [2.05, 4.69) is 13.8 Å². The Morgan fingerprint density at radius 2 is 1.72 bits per heavy atom.